The fourth-order valence-electron chi connectivity index (χ4n) is 2.24. The molecule has 1 rings (SSSR count). The summed E-state index contributed by atoms with van der Waals surface area (Å²) in [5.74, 6) is 0.256. The molecule has 0 saturated heterocycles. The molecule has 0 atom stereocenters. The standard InChI is InChI=1S/C18H22N6O3S/c1-10(2)18(11(3)15(9-19)12(4)20)24-23-16-8-14(22-13(5)21)6-7-17(16)28(25,26)27/h6-8H,4,20H2,1-3,5H3,(H2,21,22)(H,25,26,27)/b15-11-,24-23?. The van der Waals surface area contributed by atoms with E-state index >= 15 is 0 Å². The quantitative estimate of drug-likeness (QED) is 0.164. The first kappa shape index (κ1) is 22.8. The first-order valence-corrected chi connectivity index (χ1v) is 9.40. The molecule has 0 fully saturated rings. The molecule has 0 aliphatic rings. The number of hydrogen-bond donors (Lipinski definition) is 3. The Bertz CT molecular complexity index is 1070. The van der Waals surface area contributed by atoms with Crippen LogP contribution in [-0.4, -0.2) is 18.8 Å². The first-order chi connectivity index (χ1) is 12.9. The van der Waals surface area contributed by atoms with Crippen molar-refractivity contribution in [3.8, 4) is 6.07 Å². The number of nitrogens with zero attached hydrogens (tertiary/aromatic N) is 4. The summed E-state index contributed by atoms with van der Waals surface area (Å²) in [4.78, 5) is 3.59. The summed E-state index contributed by atoms with van der Waals surface area (Å²) in [6, 6.07) is 5.79. The van der Waals surface area contributed by atoms with E-state index in [4.69, 9.17) is 11.5 Å². The maximum Gasteiger partial charge on any atom is 0.296 e. The molecule has 1 aromatic carbocycles. The highest BCUT2D eigenvalue weighted by atomic mass is 32.2. The number of aliphatic imine (C=N–C) groups is 1. The second kappa shape index (κ2) is 9.07. The fraction of sp³-hybridized carbons (Fsp3) is 0.222. The molecular weight excluding hydrogens is 380 g/mol. The predicted octanol–water partition coefficient (Wildman–Crippen LogP) is 3.63. The third kappa shape index (κ3) is 5.87. The van der Waals surface area contributed by atoms with Crippen LogP contribution in [0, 0.1) is 11.3 Å². The van der Waals surface area contributed by atoms with Crippen molar-refractivity contribution in [2.45, 2.75) is 32.6 Å². The Kier molecular flexibility index (Phi) is 7.37. The lowest BCUT2D eigenvalue weighted by molar-refractivity contribution is 0.483. The molecule has 0 heterocycles. The van der Waals surface area contributed by atoms with E-state index in [1.807, 2.05) is 6.07 Å². The maximum atomic E-state index is 11.6. The van der Waals surface area contributed by atoms with Crippen LogP contribution in [-0.2, 0) is 10.1 Å². The lowest BCUT2D eigenvalue weighted by Crippen LogP contribution is -2.04. The molecule has 0 radical (unpaired) electrons. The van der Waals surface area contributed by atoms with E-state index in [-0.39, 0.29) is 22.8 Å². The lowest BCUT2D eigenvalue weighted by Gasteiger charge is -2.08. The van der Waals surface area contributed by atoms with Gasteiger partial charge in [-0.3, -0.25) is 4.55 Å². The third-order valence-electron chi connectivity index (χ3n) is 3.42. The zero-order chi connectivity index (χ0) is 21.6. The minimum absolute atomic E-state index is 0.0716. The van der Waals surface area contributed by atoms with Crippen LogP contribution < -0.4 is 11.5 Å². The number of amidine groups is 1. The van der Waals surface area contributed by atoms with Gasteiger partial charge in [-0.25, -0.2) is 4.99 Å². The van der Waals surface area contributed by atoms with Gasteiger partial charge in [-0.2, -0.15) is 18.8 Å². The van der Waals surface area contributed by atoms with Crippen molar-refractivity contribution >= 4 is 27.3 Å². The second-order valence-corrected chi connectivity index (χ2v) is 7.46. The lowest BCUT2D eigenvalue weighted by atomic mass is 10.0. The van der Waals surface area contributed by atoms with Crippen LogP contribution in [0.5, 0.6) is 0 Å². The molecule has 28 heavy (non-hydrogen) atoms. The molecule has 0 amide bonds. The molecule has 10 heteroatoms. The summed E-state index contributed by atoms with van der Waals surface area (Å²) in [5, 5.41) is 17.3. The van der Waals surface area contributed by atoms with E-state index in [1.54, 1.807) is 27.7 Å². The van der Waals surface area contributed by atoms with Crippen molar-refractivity contribution in [2.24, 2.45) is 26.7 Å². The van der Waals surface area contributed by atoms with Crippen molar-refractivity contribution in [1.82, 2.24) is 0 Å². The summed E-state index contributed by atoms with van der Waals surface area (Å²) in [5.41, 5.74) is 13.0. The second-order valence-electron chi connectivity index (χ2n) is 6.07. The zero-order valence-corrected chi connectivity index (χ0v) is 16.9. The number of nitriles is 1. The molecule has 0 aromatic heterocycles. The van der Waals surface area contributed by atoms with Crippen LogP contribution in [0.25, 0.3) is 0 Å². The molecular formula is C18H22N6O3S. The van der Waals surface area contributed by atoms with E-state index in [1.165, 1.54) is 12.1 Å². The molecule has 0 saturated carbocycles. The van der Waals surface area contributed by atoms with Crippen LogP contribution in [0.1, 0.15) is 27.7 Å². The summed E-state index contributed by atoms with van der Waals surface area (Å²) >= 11 is 0. The molecule has 1 aromatic rings. The molecule has 0 aliphatic heterocycles. The van der Waals surface area contributed by atoms with Crippen LogP contribution in [0.4, 0.5) is 11.4 Å². The highest BCUT2D eigenvalue weighted by molar-refractivity contribution is 7.86. The number of allylic oxidation sites excluding steroid dienone is 3. The molecule has 0 unspecified atom stereocenters. The summed E-state index contributed by atoms with van der Waals surface area (Å²) < 4.78 is 32.7. The topological polar surface area (TPSA) is 167 Å². The van der Waals surface area contributed by atoms with Gasteiger partial charge in [-0.15, -0.1) is 5.11 Å². The largest absolute Gasteiger partial charge is 0.398 e. The predicted molar refractivity (Wildman–Crippen MR) is 108 cm³/mol. The van der Waals surface area contributed by atoms with Gasteiger partial charge >= 0.3 is 0 Å². The van der Waals surface area contributed by atoms with Gasteiger partial charge in [0.25, 0.3) is 10.1 Å². The van der Waals surface area contributed by atoms with Gasteiger partial charge in [0, 0.05) is 5.70 Å². The molecule has 0 spiro atoms. The average molecular weight is 402 g/mol. The number of rotatable bonds is 6. The van der Waals surface area contributed by atoms with Gasteiger partial charge in [0.05, 0.1) is 22.8 Å². The van der Waals surface area contributed by atoms with Gasteiger partial charge in [-0.05, 0) is 57.0 Å². The minimum atomic E-state index is -4.55. The van der Waals surface area contributed by atoms with Gasteiger partial charge in [0.15, 0.2) is 0 Å². The highest BCUT2D eigenvalue weighted by Crippen LogP contribution is 2.31. The molecule has 0 bridgehead atoms. The summed E-state index contributed by atoms with van der Waals surface area (Å²) in [6.07, 6.45) is 0. The van der Waals surface area contributed by atoms with Crippen molar-refractivity contribution in [3.63, 3.8) is 0 Å². The summed E-state index contributed by atoms with van der Waals surface area (Å²) in [6.45, 7) is 10.2. The molecule has 9 nitrogen and oxygen atoms in total. The monoisotopic (exact) mass is 402 g/mol. The van der Waals surface area contributed by atoms with E-state index in [2.05, 4.69) is 21.8 Å². The number of nitrogens with two attached hydrogens (primary N) is 2. The van der Waals surface area contributed by atoms with Gasteiger partial charge in [0.1, 0.15) is 16.7 Å². The number of benzene rings is 1. The molecule has 0 aliphatic carbocycles. The Labute approximate surface area is 164 Å². The zero-order valence-electron chi connectivity index (χ0n) is 16.1. The Hall–Kier alpha value is -3.29. The van der Waals surface area contributed by atoms with Gasteiger partial charge < -0.3 is 11.5 Å². The average Bonchev–Trinajstić information content (AvgIpc) is 2.53. The van der Waals surface area contributed by atoms with Gasteiger partial charge in [0.2, 0.25) is 0 Å². The smallest absolute Gasteiger partial charge is 0.296 e. The Morgan fingerprint density at radius 3 is 2.25 bits per heavy atom. The normalized spacial score (nSPS) is 13.1. The van der Waals surface area contributed by atoms with Crippen LogP contribution in [0.2, 0.25) is 0 Å². The third-order valence-corrected chi connectivity index (χ3v) is 4.32. The Balaban J connectivity index is 3.66. The van der Waals surface area contributed by atoms with E-state index in [9.17, 15) is 18.2 Å². The first-order valence-electron chi connectivity index (χ1n) is 7.96. The fourth-order valence-corrected chi connectivity index (χ4v) is 2.85. The van der Waals surface area contributed by atoms with Crippen molar-refractivity contribution < 1.29 is 13.0 Å². The van der Waals surface area contributed by atoms with E-state index in [0.717, 1.165) is 6.07 Å². The molecule has 5 N–H and O–H groups in total. The number of azo groups is 1. The highest BCUT2D eigenvalue weighted by Gasteiger charge is 2.17. The van der Waals surface area contributed by atoms with Crippen LogP contribution in [0.15, 0.2) is 73.0 Å². The van der Waals surface area contributed by atoms with E-state index < -0.39 is 15.0 Å². The Morgan fingerprint density at radius 2 is 1.82 bits per heavy atom. The summed E-state index contributed by atoms with van der Waals surface area (Å²) in [7, 11) is -4.55. The van der Waals surface area contributed by atoms with Crippen LogP contribution in [0.3, 0.4) is 0 Å². The molecule has 148 valence electrons. The Morgan fingerprint density at radius 1 is 1.21 bits per heavy atom. The van der Waals surface area contributed by atoms with Crippen LogP contribution >= 0.6 is 0 Å². The minimum Gasteiger partial charge on any atom is -0.398 e. The van der Waals surface area contributed by atoms with Crippen molar-refractivity contribution in [3.05, 3.63) is 52.9 Å². The SMILES string of the molecule is C=C(N)/C(C#N)=C(/C)C(N=Nc1cc(N=C(C)N)ccc1S(=O)(=O)O)=C(C)C. The van der Waals surface area contributed by atoms with E-state index in [0.29, 0.717) is 22.5 Å². The number of hydrogen-bond acceptors (Lipinski definition) is 7. The van der Waals surface area contributed by atoms with Crippen molar-refractivity contribution in [2.75, 3.05) is 0 Å². The van der Waals surface area contributed by atoms with Gasteiger partial charge in [-0.1, -0.05) is 6.58 Å². The maximum absolute atomic E-state index is 11.6. The van der Waals surface area contributed by atoms with Crippen molar-refractivity contribution in [1.29, 1.82) is 5.26 Å².